The maximum Gasteiger partial charge on any atom is 0.0868 e. The first-order valence-electron chi connectivity index (χ1n) is 5.42. The van der Waals surface area contributed by atoms with Crippen LogP contribution in [0.25, 0.3) is 0 Å². The lowest BCUT2D eigenvalue weighted by Gasteiger charge is -2.40. The highest BCUT2D eigenvalue weighted by Crippen LogP contribution is 2.35. The third kappa shape index (κ3) is 2.23. The molecule has 14 heavy (non-hydrogen) atoms. The quantitative estimate of drug-likeness (QED) is 0.690. The summed E-state index contributed by atoms with van der Waals surface area (Å²) in [5.41, 5.74) is -0.0382. The van der Waals surface area contributed by atoms with E-state index in [9.17, 15) is 0 Å². The van der Waals surface area contributed by atoms with Gasteiger partial charge >= 0.3 is 0 Å². The van der Waals surface area contributed by atoms with Crippen LogP contribution in [0, 0.1) is 5.41 Å². The van der Waals surface area contributed by atoms with Gasteiger partial charge in [0.2, 0.25) is 0 Å². The van der Waals surface area contributed by atoms with Crippen LogP contribution in [0.3, 0.4) is 0 Å². The lowest BCUT2D eigenvalue weighted by Crippen LogP contribution is -2.48. The summed E-state index contributed by atoms with van der Waals surface area (Å²) in [4.78, 5) is 6.51. The second kappa shape index (κ2) is 4.72. The number of hydrogen-bond acceptors (Lipinski definition) is 3. The molecule has 0 radical (unpaired) electrons. The third-order valence-electron chi connectivity index (χ3n) is 3.55. The Morgan fingerprint density at radius 2 is 1.86 bits per heavy atom. The molecule has 1 saturated carbocycles. The molecule has 1 rings (SSSR count). The number of likely N-dealkylation sites (N-methyl/N-ethyl adjacent to an activating group) is 1. The first kappa shape index (κ1) is 11.4. The molecular weight excluding hydrogens is 174 g/mol. The molecule has 1 N–H and O–H groups in total. The molecule has 1 aliphatic rings. The summed E-state index contributed by atoms with van der Waals surface area (Å²) in [5.74, 6) is 0. The van der Waals surface area contributed by atoms with Crippen molar-refractivity contribution in [2.45, 2.75) is 50.6 Å². The molecule has 1 unspecified atom stereocenters. The van der Waals surface area contributed by atoms with Crippen molar-refractivity contribution < 1.29 is 0 Å². The zero-order valence-electron chi connectivity index (χ0n) is 9.51. The average Bonchev–Trinajstić information content (AvgIpc) is 2.18. The van der Waals surface area contributed by atoms with Crippen LogP contribution in [0.15, 0.2) is 4.99 Å². The number of nitrogens with one attached hydrogen (secondary N) is 1. The van der Waals surface area contributed by atoms with Gasteiger partial charge in [-0.15, -0.1) is 0 Å². The number of hydrogen-bond donors (Lipinski definition) is 1. The monoisotopic (exact) mass is 195 g/mol. The fourth-order valence-corrected chi connectivity index (χ4v) is 2.38. The predicted octanol–water partition coefficient (Wildman–Crippen LogP) is 2.39. The van der Waals surface area contributed by atoms with E-state index in [0.29, 0.717) is 6.04 Å². The molecule has 3 nitrogen and oxygen atoms in total. The SMILES string of the molecule is CC(N(C)C)C1(N=C=N)CCCCC1. The minimum Gasteiger partial charge on any atom is -0.304 e. The minimum absolute atomic E-state index is 0.0382. The second-order valence-electron chi connectivity index (χ2n) is 4.53. The fourth-order valence-electron chi connectivity index (χ4n) is 2.38. The summed E-state index contributed by atoms with van der Waals surface area (Å²) < 4.78 is 0. The number of aliphatic imine (C=N–C) groups is 1. The molecule has 0 amide bonds. The topological polar surface area (TPSA) is 39.5 Å². The Morgan fingerprint density at radius 1 is 1.29 bits per heavy atom. The average molecular weight is 195 g/mol. The van der Waals surface area contributed by atoms with Crippen LogP contribution in [-0.2, 0) is 0 Å². The molecule has 3 heteroatoms. The number of nitrogens with zero attached hydrogens (tertiary/aromatic N) is 2. The van der Waals surface area contributed by atoms with Gasteiger partial charge in [-0.2, -0.15) is 0 Å². The minimum atomic E-state index is -0.0382. The van der Waals surface area contributed by atoms with Crippen molar-refractivity contribution in [1.82, 2.24) is 4.90 Å². The highest BCUT2D eigenvalue weighted by Gasteiger charge is 2.38. The van der Waals surface area contributed by atoms with Gasteiger partial charge in [0.05, 0.1) is 11.5 Å². The summed E-state index contributed by atoms with van der Waals surface area (Å²) in [5, 5.41) is 7.06. The first-order valence-corrected chi connectivity index (χ1v) is 5.42. The van der Waals surface area contributed by atoms with E-state index in [1.165, 1.54) is 19.3 Å². The molecule has 80 valence electrons. The van der Waals surface area contributed by atoms with Crippen molar-refractivity contribution in [2.24, 2.45) is 4.99 Å². The van der Waals surface area contributed by atoms with Gasteiger partial charge in [-0.3, -0.25) is 0 Å². The lowest BCUT2D eigenvalue weighted by atomic mass is 9.77. The molecule has 0 spiro atoms. The van der Waals surface area contributed by atoms with Crippen LogP contribution < -0.4 is 0 Å². The van der Waals surface area contributed by atoms with Gasteiger partial charge in [0.15, 0.2) is 0 Å². The molecule has 0 heterocycles. The smallest absolute Gasteiger partial charge is 0.0868 e. The van der Waals surface area contributed by atoms with Crippen LogP contribution in [0.4, 0.5) is 0 Å². The Hall–Kier alpha value is -0.660. The highest BCUT2D eigenvalue weighted by atomic mass is 15.1. The van der Waals surface area contributed by atoms with Crippen molar-refractivity contribution >= 4 is 6.01 Å². The van der Waals surface area contributed by atoms with Crippen LogP contribution in [0.5, 0.6) is 0 Å². The summed E-state index contributed by atoms with van der Waals surface area (Å²) in [6.07, 6.45) is 6.01. The summed E-state index contributed by atoms with van der Waals surface area (Å²) >= 11 is 0. The van der Waals surface area contributed by atoms with Gasteiger partial charge in [-0.25, -0.2) is 10.4 Å². The summed E-state index contributed by atoms with van der Waals surface area (Å²) in [6, 6.07) is 2.67. The largest absolute Gasteiger partial charge is 0.304 e. The van der Waals surface area contributed by atoms with Crippen molar-refractivity contribution in [2.75, 3.05) is 14.1 Å². The molecule has 0 saturated heterocycles. The van der Waals surface area contributed by atoms with E-state index in [2.05, 4.69) is 36.9 Å². The van der Waals surface area contributed by atoms with Crippen molar-refractivity contribution in [1.29, 1.82) is 5.41 Å². The Balaban J connectivity index is 2.84. The maximum atomic E-state index is 7.06. The Bertz CT molecular complexity index is 223. The molecule has 0 aliphatic heterocycles. The first-order chi connectivity index (χ1) is 6.62. The Morgan fingerprint density at radius 3 is 2.29 bits per heavy atom. The Kier molecular flexibility index (Phi) is 3.85. The number of rotatable bonds is 3. The zero-order chi connectivity index (χ0) is 10.6. The van der Waals surface area contributed by atoms with Gasteiger partial charge in [0, 0.05) is 6.04 Å². The van der Waals surface area contributed by atoms with Crippen LogP contribution in [-0.4, -0.2) is 36.6 Å². The molecule has 0 bridgehead atoms. The third-order valence-corrected chi connectivity index (χ3v) is 3.55. The lowest BCUT2D eigenvalue weighted by molar-refractivity contribution is 0.151. The highest BCUT2D eigenvalue weighted by molar-refractivity contribution is 5.38. The van der Waals surface area contributed by atoms with Crippen LogP contribution >= 0.6 is 0 Å². The van der Waals surface area contributed by atoms with Crippen LogP contribution in [0.2, 0.25) is 0 Å². The van der Waals surface area contributed by atoms with Gasteiger partial charge in [0.1, 0.15) is 0 Å². The van der Waals surface area contributed by atoms with E-state index in [4.69, 9.17) is 5.41 Å². The van der Waals surface area contributed by atoms with Crippen molar-refractivity contribution in [3.8, 4) is 0 Å². The normalized spacial score (nSPS) is 22.9. The summed E-state index contributed by atoms with van der Waals surface area (Å²) in [6.45, 7) is 2.20. The van der Waals surface area contributed by atoms with Crippen LogP contribution in [0.1, 0.15) is 39.0 Å². The van der Waals surface area contributed by atoms with E-state index in [0.717, 1.165) is 12.8 Å². The molecule has 1 atom stereocenters. The van der Waals surface area contributed by atoms with Gasteiger partial charge < -0.3 is 4.90 Å². The van der Waals surface area contributed by atoms with E-state index in [1.54, 1.807) is 0 Å². The maximum absolute atomic E-state index is 7.06. The standard InChI is InChI=1S/C11H21N3/c1-10(14(2)3)11(13-9-12)7-5-4-6-8-11/h10,12H,4-8H2,1-3H3. The predicted molar refractivity (Wildman–Crippen MR) is 59.1 cm³/mol. The van der Waals surface area contributed by atoms with Gasteiger partial charge in [-0.05, 0) is 33.9 Å². The zero-order valence-corrected chi connectivity index (χ0v) is 9.51. The van der Waals surface area contributed by atoms with Gasteiger partial charge in [-0.1, -0.05) is 19.3 Å². The Labute approximate surface area is 86.7 Å². The fraction of sp³-hybridized carbons (Fsp3) is 0.909. The summed E-state index contributed by atoms with van der Waals surface area (Å²) in [7, 11) is 4.17. The molecule has 1 aliphatic carbocycles. The molecule has 0 aromatic carbocycles. The van der Waals surface area contributed by atoms with Crippen molar-refractivity contribution in [3.63, 3.8) is 0 Å². The van der Waals surface area contributed by atoms with E-state index < -0.39 is 0 Å². The molecular formula is C11H21N3. The molecule has 1 fully saturated rings. The van der Waals surface area contributed by atoms with Crippen molar-refractivity contribution in [3.05, 3.63) is 0 Å². The van der Waals surface area contributed by atoms with Gasteiger partial charge in [0.25, 0.3) is 0 Å². The molecule has 0 aromatic heterocycles. The van der Waals surface area contributed by atoms with E-state index in [-0.39, 0.29) is 5.54 Å². The second-order valence-corrected chi connectivity index (χ2v) is 4.53. The van der Waals surface area contributed by atoms with E-state index >= 15 is 0 Å². The van der Waals surface area contributed by atoms with E-state index in [1.807, 2.05) is 0 Å². The molecule has 0 aromatic rings.